The summed E-state index contributed by atoms with van der Waals surface area (Å²) in [5.74, 6) is 0. The van der Waals surface area contributed by atoms with Gasteiger partial charge < -0.3 is 10.1 Å². The number of hydrogen-bond donors (Lipinski definition) is 1. The van der Waals surface area contributed by atoms with Gasteiger partial charge in [0.2, 0.25) is 0 Å². The van der Waals surface area contributed by atoms with E-state index < -0.39 is 0 Å². The number of piperazine rings is 1. The van der Waals surface area contributed by atoms with Crippen LogP contribution in [-0.4, -0.2) is 37.2 Å². The summed E-state index contributed by atoms with van der Waals surface area (Å²) in [6, 6.07) is 14.9. The third kappa shape index (κ3) is 5.98. The number of nitrogens with zero attached hydrogens (tertiary/aromatic N) is 2. The number of benzene rings is 2. The van der Waals surface area contributed by atoms with Gasteiger partial charge in [0.15, 0.2) is 0 Å². The van der Waals surface area contributed by atoms with Crippen LogP contribution in [0.25, 0.3) is 0 Å². The number of nitriles is 1. The summed E-state index contributed by atoms with van der Waals surface area (Å²) >= 11 is 7.12. The molecule has 4 nitrogen and oxygen atoms in total. The maximum absolute atomic E-state index is 9.39. The lowest BCUT2D eigenvalue weighted by Crippen LogP contribution is -2.49. The molecule has 1 saturated heterocycles. The second-order valence-electron chi connectivity index (χ2n) is 7.42. The van der Waals surface area contributed by atoms with Gasteiger partial charge in [-0.25, -0.2) is 0 Å². The smallest absolute Gasteiger partial charge is 0.0991 e. The van der Waals surface area contributed by atoms with Crippen molar-refractivity contribution in [3.8, 4) is 6.07 Å². The molecule has 1 heterocycles. The van der Waals surface area contributed by atoms with Crippen molar-refractivity contribution in [1.82, 2.24) is 10.2 Å². The van der Waals surface area contributed by atoms with Crippen molar-refractivity contribution in [2.24, 2.45) is 0 Å². The first-order valence-electron chi connectivity index (χ1n) is 9.68. The molecule has 0 bridgehead atoms. The molecule has 0 aromatic heterocycles. The van der Waals surface area contributed by atoms with Crippen LogP contribution < -0.4 is 5.32 Å². The maximum atomic E-state index is 9.39. The first-order chi connectivity index (χ1) is 13.6. The minimum absolute atomic E-state index is 0. The van der Waals surface area contributed by atoms with Crippen LogP contribution in [0.4, 0.5) is 0 Å². The molecule has 1 aliphatic carbocycles. The van der Waals surface area contributed by atoms with Crippen LogP contribution in [-0.2, 0) is 17.8 Å². The van der Waals surface area contributed by atoms with Crippen molar-refractivity contribution >= 4 is 56.7 Å². The van der Waals surface area contributed by atoms with Gasteiger partial charge in [-0.3, -0.25) is 4.90 Å². The van der Waals surface area contributed by atoms with Crippen molar-refractivity contribution in [2.45, 2.75) is 31.6 Å². The predicted octanol–water partition coefficient (Wildman–Crippen LogP) is 5.40. The summed E-state index contributed by atoms with van der Waals surface area (Å²) in [7, 11) is 0. The average molecular weight is 578 g/mol. The maximum Gasteiger partial charge on any atom is 0.0991 e. The van der Waals surface area contributed by atoms with Crippen LogP contribution in [0.3, 0.4) is 0 Å². The monoisotopic (exact) mass is 575 g/mol. The van der Waals surface area contributed by atoms with E-state index in [9.17, 15) is 5.26 Å². The molecule has 2 aromatic rings. The average Bonchev–Trinajstić information content (AvgIpc) is 2.71. The fraction of sp³-hybridized carbons (Fsp3) is 0.409. The Morgan fingerprint density at radius 3 is 2.43 bits per heavy atom. The zero-order valence-electron chi connectivity index (χ0n) is 16.4. The molecule has 1 N–H and O–H groups in total. The van der Waals surface area contributed by atoms with Crippen molar-refractivity contribution in [2.75, 3.05) is 26.2 Å². The molecule has 2 aromatic carbocycles. The first-order valence-corrected chi connectivity index (χ1v) is 11.3. The van der Waals surface area contributed by atoms with E-state index >= 15 is 0 Å². The summed E-state index contributed by atoms with van der Waals surface area (Å²) in [6.45, 7) is 4.58. The van der Waals surface area contributed by atoms with E-state index in [4.69, 9.17) is 4.74 Å². The van der Waals surface area contributed by atoms with E-state index in [1.807, 2.05) is 12.1 Å². The summed E-state index contributed by atoms with van der Waals surface area (Å²) in [5, 5.41) is 12.8. The molecule has 4 rings (SSSR count). The van der Waals surface area contributed by atoms with Crippen LogP contribution in [0.2, 0.25) is 0 Å². The van der Waals surface area contributed by atoms with Gasteiger partial charge in [0.1, 0.15) is 0 Å². The largest absolute Gasteiger partial charge is 0.372 e. The minimum atomic E-state index is 0. The van der Waals surface area contributed by atoms with Gasteiger partial charge in [-0.05, 0) is 59.9 Å². The van der Waals surface area contributed by atoms with Crippen molar-refractivity contribution < 1.29 is 4.74 Å². The zero-order valence-corrected chi connectivity index (χ0v) is 21.2. The van der Waals surface area contributed by atoms with Crippen LogP contribution in [0, 0.1) is 11.3 Å². The molecule has 2 atom stereocenters. The highest BCUT2D eigenvalue weighted by Gasteiger charge is 2.35. The molecule has 0 radical (unpaired) electrons. The second kappa shape index (κ2) is 11.8. The zero-order chi connectivity index (χ0) is 19.5. The number of halogens is 4. The second-order valence-corrected chi connectivity index (χ2v) is 9.25. The van der Waals surface area contributed by atoms with Crippen LogP contribution in [0.1, 0.15) is 34.7 Å². The Hall–Kier alpha value is -0.650. The Balaban J connectivity index is 0.00000160. The van der Waals surface area contributed by atoms with Gasteiger partial charge in [0.25, 0.3) is 0 Å². The molecule has 0 amide bonds. The van der Waals surface area contributed by atoms with E-state index in [0.29, 0.717) is 6.61 Å². The normalized spacial score (nSPS) is 21.0. The molecule has 162 valence electrons. The molecular formula is C22H25Br2Cl2N3O. The van der Waals surface area contributed by atoms with Gasteiger partial charge in [0, 0.05) is 35.1 Å². The van der Waals surface area contributed by atoms with Crippen LogP contribution in [0.5, 0.6) is 0 Å². The van der Waals surface area contributed by atoms with Crippen molar-refractivity contribution in [3.05, 3.63) is 67.6 Å². The van der Waals surface area contributed by atoms with Gasteiger partial charge >= 0.3 is 0 Å². The molecule has 2 aliphatic rings. The fourth-order valence-corrected chi connectivity index (χ4v) is 5.68. The first kappa shape index (κ1) is 25.6. The predicted molar refractivity (Wildman–Crippen MR) is 132 cm³/mol. The molecule has 0 saturated carbocycles. The Bertz CT molecular complexity index is 880. The highest BCUT2D eigenvalue weighted by atomic mass is 79.9. The van der Waals surface area contributed by atoms with E-state index in [1.54, 1.807) is 0 Å². The summed E-state index contributed by atoms with van der Waals surface area (Å²) in [4.78, 5) is 2.52. The standard InChI is InChI=1S/C22H23Br2N3O.2ClH/c23-18-9-16(10-19(24)12-18)14-28-21-4-3-17-2-1-15(13-25)11-20(17)22(21)27-7-5-26-6-8-27;;/h1-2,9-12,21-22,26H,3-8,14H2;2*1H/t21-,22-;;/m1../s1. The molecule has 0 unspecified atom stereocenters. The molecule has 30 heavy (non-hydrogen) atoms. The molecule has 8 heteroatoms. The number of hydrogen-bond acceptors (Lipinski definition) is 4. The van der Waals surface area contributed by atoms with Gasteiger partial charge in [0.05, 0.1) is 30.4 Å². The molecular weight excluding hydrogens is 553 g/mol. The van der Waals surface area contributed by atoms with E-state index in [1.165, 1.54) is 11.1 Å². The fourth-order valence-electron chi connectivity index (χ4n) is 4.29. The van der Waals surface area contributed by atoms with Gasteiger partial charge in [-0.2, -0.15) is 5.26 Å². The van der Waals surface area contributed by atoms with E-state index in [2.05, 4.69) is 72.4 Å². The Kier molecular flexibility index (Phi) is 10.1. The third-order valence-electron chi connectivity index (χ3n) is 5.58. The quantitative estimate of drug-likeness (QED) is 0.528. The molecule has 1 fully saturated rings. The number of rotatable bonds is 4. The summed E-state index contributed by atoms with van der Waals surface area (Å²) < 4.78 is 8.58. The molecule has 0 spiro atoms. The van der Waals surface area contributed by atoms with Crippen LogP contribution >= 0.6 is 56.7 Å². The number of aryl methyl sites for hydroxylation is 1. The topological polar surface area (TPSA) is 48.3 Å². The highest BCUT2D eigenvalue weighted by molar-refractivity contribution is 9.11. The SMILES string of the molecule is Cl.Cl.N#Cc1ccc2c(c1)[C@@H](N1CCNCC1)[C@H](OCc1cc(Br)cc(Br)c1)CC2. The van der Waals surface area contributed by atoms with Gasteiger partial charge in [-0.1, -0.05) is 37.9 Å². The Labute approximate surface area is 207 Å². The van der Waals surface area contributed by atoms with Crippen LogP contribution in [0.15, 0.2) is 45.3 Å². The lowest BCUT2D eigenvalue weighted by Gasteiger charge is -2.42. The minimum Gasteiger partial charge on any atom is -0.372 e. The Morgan fingerprint density at radius 2 is 1.77 bits per heavy atom. The van der Waals surface area contributed by atoms with Crippen molar-refractivity contribution in [1.29, 1.82) is 5.26 Å². The lowest BCUT2D eigenvalue weighted by molar-refractivity contribution is -0.0378. The van der Waals surface area contributed by atoms with E-state index in [0.717, 1.165) is 59.1 Å². The summed E-state index contributed by atoms with van der Waals surface area (Å²) in [6.07, 6.45) is 2.12. The third-order valence-corrected chi connectivity index (χ3v) is 6.49. The van der Waals surface area contributed by atoms with Gasteiger partial charge in [-0.15, -0.1) is 24.8 Å². The lowest BCUT2D eigenvalue weighted by atomic mass is 9.83. The summed E-state index contributed by atoms with van der Waals surface area (Å²) in [5.41, 5.74) is 4.51. The number of fused-ring (bicyclic) bond motifs is 1. The number of nitrogens with one attached hydrogen (secondary N) is 1. The Morgan fingerprint density at radius 1 is 1.07 bits per heavy atom. The highest BCUT2D eigenvalue weighted by Crippen LogP contribution is 2.37. The number of ether oxygens (including phenoxy) is 1. The van der Waals surface area contributed by atoms with Crippen molar-refractivity contribution in [3.63, 3.8) is 0 Å². The van der Waals surface area contributed by atoms with E-state index in [-0.39, 0.29) is 37.0 Å². The molecule has 1 aliphatic heterocycles.